The Morgan fingerprint density at radius 2 is 1.95 bits per heavy atom. The van der Waals surface area contributed by atoms with E-state index in [1.54, 1.807) is 0 Å². The van der Waals surface area contributed by atoms with Crippen LogP contribution in [0.3, 0.4) is 0 Å². The first-order valence-electron chi connectivity index (χ1n) is 7.34. The lowest BCUT2D eigenvalue weighted by Crippen LogP contribution is -2.42. The van der Waals surface area contributed by atoms with Gasteiger partial charge in [0.25, 0.3) is 0 Å². The van der Waals surface area contributed by atoms with Gasteiger partial charge in [-0.3, -0.25) is 9.88 Å². The summed E-state index contributed by atoms with van der Waals surface area (Å²) in [7, 11) is 0. The van der Waals surface area contributed by atoms with E-state index in [1.807, 2.05) is 12.4 Å². The summed E-state index contributed by atoms with van der Waals surface area (Å²) in [4.78, 5) is 6.54. The standard InChI is InChI=1S/C15H23N3O/c19-15-11-18(14-3-7-17-8-4-14)10-13(15)9-12-1-5-16-6-2-12/h1-2,5-6,13-15,17,19H,3-4,7-11H2/t13-,15+/m1/s1. The molecule has 0 spiro atoms. The van der Waals surface area contributed by atoms with E-state index in [9.17, 15) is 5.11 Å². The molecule has 0 unspecified atom stereocenters. The molecule has 3 heterocycles. The molecule has 3 rings (SSSR count). The zero-order valence-electron chi connectivity index (χ0n) is 11.3. The van der Waals surface area contributed by atoms with Gasteiger partial charge in [0.1, 0.15) is 0 Å². The van der Waals surface area contributed by atoms with Gasteiger partial charge in [0.2, 0.25) is 0 Å². The summed E-state index contributed by atoms with van der Waals surface area (Å²) >= 11 is 0. The summed E-state index contributed by atoms with van der Waals surface area (Å²) in [6, 6.07) is 4.78. The Hall–Kier alpha value is -0.970. The van der Waals surface area contributed by atoms with Crippen molar-refractivity contribution in [3.8, 4) is 0 Å². The summed E-state index contributed by atoms with van der Waals surface area (Å²) in [5.41, 5.74) is 1.28. The van der Waals surface area contributed by atoms with Crippen LogP contribution in [0.5, 0.6) is 0 Å². The van der Waals surface area contributed by atoms with Crippen LogP contribution in [0, 0.1) is 5.92 Å². The SMILES string of the molecule is O[C@H]1CN(C2CCNCC2)C[C@H]1Cc1ccncc1. The molecule has 19 heavy (non-hydrogen) atoms. The molecule has 0 aliphatic carbocycles. The van der Waals surface area contributed by atoms with E-state index in [1.165, 1.54) is 18.4 Å². The van der Waals surface area contributed by atoms with Crippen molar-refractivity contribution in [2.24, 2.45) is 5.92 Å². The van der Waals surface area contributed by atoms with Crippen molar-refractivity contribution in [1.82, 2.24) is 15.2 Å². The Balaban J connectivity index is 1.58. The maximum Gasteiger partial charge on any atom is 0.0710 e. The number of pyridine rings is 1. The van der Waals surface area contributed by atoms with Crippen molar-refractivity contribution in [2.45, 2.75) is 31.4 Å². The minimum absolute atomic E-state index is 0.178. The fourth-order valence-corrected chi connectivity index (χ4v) is 3.38. The molecule has 2 aliphatic rings. The molecule has 2 aliphatic heterocycles. The number of hydrogen-bond donors (Lipinski definition) is 2. The number of hydrogen-bond acceptors (Lipinski definition) is 4. The molecule has 1 aromatic rings. The number of piperidine rings is 1. The van der Waals surface area contributed by atoms with Crippen molar-refractivity contribution < 1.29 is 5.11 Å². The van der Waals surface area contributed by atoms with Crippen LogP contribution in [0.1, 0.15) is 18.4 Å². The van der Waals surface area contributed by atoms with Gasteiger partial charge < -0.3 is 10.4 Å². The number of β-amino-alcohol motifs (C(OH)–C–C–N with tert-alkyl or cyclic N) is 1. The molecule has 4 heteroatoms. The van der Waals surface area contributed by atoms with Gasteiger partial charge in [-0.2, -0.15) is 0 Å². The van der Waals surface area contributed by atoms with Crippen LogP contribution in [-0.2, 0) is 6.42 Å². The van der Waals surface area contributed by atoms with Gasteiger partial charge in [0.05, 0.1) is 6.10 Å². The van der Waals surface area contributed by atoms with Gasteiger partial charge in [0.15, 0.2) is 0 Å². The Morgan fingerprint density at radius 3 is 2.68 bits per heavy atom. The molecule has 2 N–H and O–H groups in total. The van der Waals surface area contributed by atoms with Crippen molar-refractivity contribution >= 4 is 0 Å². The molecule has 1 aromatic heterocycles. The molecule has 104 valence electrons. The fourth-order valence-electron chi connectivity index (χ4n) is 3.38. The molecular formula is C15H23N3O. The van der Waals surface area contributed by atoms with Crippen LogP contribution in [0.2, 0.25) is 0 Å². The van der Waals surface area contributed by atoms with Gasteiger partial charge in [-0.05, 0) is 50.0 Å². The predicted molar refractivity (Wildman–Crippen MR) is 74.9 cm³/mol. The van der Waals surface area contributed by atoms with Crippen LogP contribution in [0.4, 0.5) is 0 Å². The van der Waals surface area contributed by atoms with Crippen LogP contribution in [0.15, 0.2) is 24.5 Å². The van der Waals surface area contributed by atoms with E-state index in [4.69, 9.17) is 0 Å². The highest BCUT2D eigenvalue weighted by molar-refractivity contribution is 5.12. The molecule has 2 atom stereocenters. The average Bonchev–Trinajstić information content (AvgIpc) is 2.82. The average molecular weight is 261 g/mol. The predicted octanol–water partition coefficient (Wildman–Crippen LogP) is 0.669. The maximum atomic E-state index is 10.3. The molecule has 2 saturated heterocycles. The van der Waals surface area contributed by atoms with Gasteiger partial charge in [-0.1, -0.05) is 0 Å². The highest BCUT2D eigenvalue weighted by Crippen LogP contribution is 2.25. The van der Waals surface area contributed by atoms with Crippen LogP contribution in [0.25, 0.3) is 0 Å². The summed E-state index contributed by atoms with van der Waals surface area (Å²) in [6.45, 7) is 4.12. The molecular weight excluding hydrogens is 238 g/mol. The third kappa shape index (κ3) is 3.14. The minimum Gasteiger partial charge on any atom is -0.391 e. The van der Waals surface area contributed by atoms with Crippen LogP contribution >= 0.6 is 0 Å². The number of nitrogens with zero attached hydrogens (tertiary/aromatic N) is 2. The number of aromatic nitrogens is 1. The molecule has 0 amide bonds. The Kier molecular flexibility index (Phi) is 4.11. The second kappa shape index (κ2) is 5.99. The summed E-state index contributed by atoms with van der Waals surface area (Å²) < 4.78 is 0. The Labute approximate surface area is 114 Å². The zero-order valence-corrected chi connectivity index (χ0v) is 11.3. The van der Waals surface area contributed by atoms with Gasteiger partial charge in [0, 0.05) is 37.4 Å². The van der Waals surface area contributed by atoms with Crippen molar-refractivity contribution in [3.63, 3.8) is 0 Å². The van der Waals surface area contributed by atoms with Gasteiger partial charge in [-0.25, -0.2) is 0 Å². The monoisotopic (exact) mass is 261 g/mol. The van der Waals surface area contributed by atoms with Crippen molar-refractivity contribution in [1.29, 1.82) is 0 Å². The minimum atomic E-state index is -0.178. The van der Waals surface area contributed by atoms with Crippen molar-refractivity contribution in [2.75, 3.05) is 26.2 Å². The fraction of sp³-hybridized carbons (Fsp3) is 0.667. The second-order valence-electron chi connectivity index (χ2n) is 5.82. The van der Waals surface area contributed by atoms with Crippen LogP contribution in [-0.4, -0.2) is 53.3 Å². The quantitative estimate of drug-likeness (QED) is 0.839. The first kappa shape index (κ1) is 13.0. The number of aliphatic hydroxyl groups excluding tert-OH is 1. The molecule has 0 radical (unpaired) electrons. The number of nitrogens with one attached hydrogen (secondary N) is 1. The third-order valence-corrected chi connectivity index (χ3v) is 4.51. The van der Waals surface area contributed by atoms with E-state index in [0.29, 0.717) is 12.0 Å². The molecule has 0 saturated carbocycles. The Bertz CT molecular complexity index is 392. The van der Waals surface area contributed by atoms with Gasteiger partial charge in [-0.15, -0.1) is 0 Å². The second-order valence-corrected chi connectivity index (χ2v) is 5.82. The molecule has 4 nitrogen and oxygen atoms in total. The summed E-state index contributed by atoms with van der Waals surface area (Å²) in [5.74, 6) is 0.372. The number of aliphatic hydroxyl groups is 1. The molecule has 2 fully saturated rings. The van der Waals surface area contributed by atoms with Crippen molar-refractivity contribution in [3.05, 3.63) is 30.1 Å². The lowest BCUT2D eigenvalue weighted by Gasteiger charge is -2.31. The van der Waals surface area contributed by atoms with E-state index >= 15 is 0 Å². The first-order chi connectivity index (χ1) is 9.33. The lowest BCUT2D eigenvalue weighted by atomic mass is 9.97. The molecule has 0 bridgehead atoms. The maximum absolute atomic E-state index is 10.3. The highest BCUT2D eigenvalue weighted by atomic mass is 16.3. The molecule has 0 aromatic carbocycles. The highest BCUT2D eigenvalue weighted by Gasteiger charge is 2.35. The number of rotatable bonds is 3. The zero-order chi connectivity index (χ0) is 13.1. The first-order valence-corrected chi connectivity index (χ1v) is 7.34. The van der Waals surface area contributed by atoms with Crippen LogP contribution < -0.4 is 5.32 Å². The van der Waals surface area contributed by atoms with Gasteiger partial charge >= 0.3 is 0 Å². The third-order valence-electron chi connectivity index (χ3n) is 4.51. The lowest BCUT2D eigenvalue weighted by molar-refractivity contribution is 0.130. The smallest absolute Gasteiger partial charge is 0.0710 e. The summed E-state index contributed by atoms with van der Waals surface area (Å²) in [5, 5.41) is 13.7. The normalized spacial score (nSPS) is 29.7. The number of likely N-dealkylation sites (tertiary alicyclic amines) is 1. The largest absolute Gasteiger partial charge is 0.391 e. The van der Waals surface area contributed by atoms with E-state index in [-0.39, 0.29) is 6.10 Å². The van der Waals surface area contributed by atoms with E-state index < -0.39 is 0 Å². The Morgan fingerprint density at radius 1 is 1.21 bits per heavy atom. The van der Waals surface area contributed by atoms with E-state index in [0.717, 1.165) is 32.6 Å². The summed E-state index contributed by atoms with van der Waals surface area (Å²) in [6.07, 6.45) is 6.89. The van der Waals surface area contributed by atoms with E-state index in [2.05, 4.69) is 27.3 Å². The topological polar surface area (TPSA) is 48.4 Å².